The molecule has 0 spiro atoms. The van der Waals surface area contributed by atoms with E-state index in [0.717, 1.165) is 24.2 Å². The second-order valence-corrected chi connectivity index (χ2v) is 11.5. The van der Waals surface area contributed by atoms with Gasteiger partial charge >= 0.3 is 0 Å². The average Bonchev–Trinajstić information content (AvgIpc) is 2.84. The number of sulfonamides is 1. The molecule has 1 fully saturated rings. The van der Waals surface area contributed by atoms with E-state index >= 15 is 0 Å². The molecule has 0 unspecified atom stereocenters. The first kappa shape index (κ1) is 25.0. The van der Waals surface area contributed by atoms with Gasteiger partial charge in [-0.15, -0.1) is 0 Å². The molecule has 0 radical (unpaired) electrons. The number of carbonyl (C=O) groups is 1. The molecule has 1 N–H and O–H groups in total. The first-order valence-corrected chi connectivity index (χ1v) is 13.6. The van der Waals surface area contributed by atoms with Crippen LogP contribution < -0.4 is 10.1 Å². The number of fused-ring (bicyclic) bond motifs is 1. The largest absolute Gasteiger partial charge is 0.487 e. The van der Waals surface area contributed by atoms with Gasteiger partial charge in [-0.25, -0.2) is 8.42 Å². The van der Waals surface area contributed by atoms with Crippen LogP contribution in [0.4, 0.5) is 0 Å². The summed E-state index contributed by atoms with van der Waals surface area (Å²) in [6.07, 6.45) is 2.24. The molecule has 2 aromatic rings. The Morgan fingerprint density at radius 3 is 2.47 bits per heavy atom. The van der Waals surface area contributed by atoms with Gasteiger partial charge in [0.05, 0.1) is 21.5 Å². The van der Waals surface area contributed by atoms with Gasteiger partial charge in [-0.2, -0.15) is 4.31 Å². The molecule has 1 saturated heterocycles. The molecule has 1 amide bonds. The maximum atomic E-state index is 13.4. The summed E-state index contributed by atoms with van der Waals surface area (Å²) in [7, 11) is -1.75. The highest BCUT2D eigenvalue weighted by Gasteiger charge is 2.39. The van der Waals surface area contributed by atoms with E-state index in [1.165, 1.54) is 22.5 Å². The van der Waals surface area contributed by atoms with Gasteiger partial charge in [0.15, 0.2) is 0 Å². The summed E-state index contributed by atoms with van der Waals surface area (Å²) in [6.45, 7) is 6.33. The van der Waals surface area contributed by atoms with Crippen LogP contribution in [-0.4, -0.2) is 62.4 Å². The van der Waals surface area contributed by atoms with E-state index in [4.69, 9.17) is 16.3 Å². The third-order valence-corrected chi connectivity index (χ3v) is 9.30. The predicted octanol–water partition coefficient (Wildman–Crippen LogP) is 4.09. The Morgan fingerprint density at radius 1 is 1.12 bits per heavy atom. The Balaban J connectivity index is 1.61. The number of nitrogens with zero attached hydrogens (tertiary/aromatic N) is 2. The zero-order valence-electron chi connectivity index (χ0n) is 19.9. The maximum absolute atomic E-state index is 13.4. The third-order valence-electron chi connectivity index (χ3n) is 7.07. The van der Waals surface area contributed by atoms with Crippen molar-refractivity contribution in [2.75, 3.05) is 33.2 Å². The lowest BCUT2D eigenvalue weighted by atomic mass is 9.83. The Labute approximate surface area is 207 Å². The molecule has 2 heterocycles. The quantitative estimate of drug-likeness (QED) is 0.639. The minimum atomic E-state index is -3.72. The Bertz CT molecular complexity index is 1160. The monoisotopic (exact) mass is 505 g/mol. The molecule has 0 aliphatic carbocycles. The maximum Gasteiger partial charge on any atom is 0.253 e. The number of hydrogen-bond acceptors (Lipinski definition) is 5. The van der Waals surface area contributed by atoms with E-state index < -0.39 is 15.9 Å². The zero-order chi connectivity index (χ0) is 24.5. The molecular weight excluding hydrogens is 474 g/mol. The second kappa shape index (κ2) is 9.85. The number of ether oxygens (including phenoxy) is 1. The molecule has 0 bridgehead atoms. The van der Waals surface area contributed by atoms with E-state index in [1.807, 2.05) is 31.3 Å². The van der Waals surface area contributed by atoms with Gasteiger partial charge in [-0.3, -0.25) is 4.79 Å². The first-order valence-electron chi connectivity index (χ1n) is 11.8. The molecule has 7 nitrogen and oxygen atoms in total. The van der Waals surface area contributed by atoms with Gasteiger partial charge in [-0.05, 0) is 44.2 Å². The molecule has 1 atom stereocenters. The van der Waals surface area contributed by atoms with Crippen molar-refractivity contribution in [2.45, 2.75) is 49.6 Å². The van der Waals surface area contributed by atoms with E-state index in [0.29, 0.717) is 32.6 Å². The number of para-hydroxylation sites is 1. The molecule has 34 heavy (non-hydrogen) atoms. The Hall–Kier alpha value is -2.13. The van der Waals surface area contributed by atoms with Gasteiger partial charge in [0, 0.05) is 38.2 Å². The van der Waals surface area contributed by atoms with E-state index in [1.54, 1.807) is 0 Å². The third kappa shape index (κ3) is 4.82. The van der Waals surface area contributed by atoms with Gasteiger partial charge < -0.3 is 15.0 Å². The summed E-state index contributed by atoms with van der Waals surface area (Å²) in [5.74, 6) is 0.364. The molecular formula is C25H32ClN3O4S. The number of amides is 1. The topological polar surface area (TPSA) is 79.0 Å². The summed E-state index contributed by atoms with van der Waals surface area (Å²) in [4.78, 5) is 15.5. The highest BCUT2D eigenvalue weighted by molar-refractivity contribution is 7.89. The van der Waals surface area contributed by atoms with Crippen LogP contribution in [0.5, 0.6) is 5.75 Å². The van der Waals surface area contributed by atoms with Crippen molar-refractivity contribution in [3.05, 3.63) is 58.6 Å². The van der Waals surface area contributed by atoms with Gasteiger partial charge in [0.25, 0.3) is 5.91 Å². The van der Waals surface area contributed by atoms with Crippen LogP contribution in [0, 0.1) is 0 Å². The first-order chi connectivity index (χ1) is 16.2. The summed E-state index contributed by atoms with van der Waals surface area (Å²) >= 11 is 6.37. The number of carbonyl (C=O) groups excluding carboxylic acids is 1. The van der Waals surface area contributed by atoms with Crippen LogP contribution in [0.2, 0.25) is 5.02 Å². The molecule has 2 aliphatic heterocycles. The number of rotatable bonds is 6. The van der Waals surface area contributed by atoms with Crippen LogP contribution in [-0.2, 0) is 10.0 Å². The smallest absolute Gasteiger partial charge is 0.253 e. The Kier molecular flexibility index (Phi) is 7.24. The molecule has 4 rings (SSSR count). The molecule has 9 heteroatoms. The standard InChI is InChI=1S/C25H32ClN3O4S/c1-4-25(5-2)17-22(19-8-6-7-9-23(19)33-25)27-24(30)20-16-18(10-11-21(20)26)34(31,32)29-14-12-28(3)13-15-29/h6-11,16,22H,4-5,12-15,17H2,1-3H3,(H,27,30)/t22-/m0/s1. The van der Waals surface area contributed by atoms with Gasteiger partial charge in [0.2, 0.25) is 10.0 Å². The lowest BCUT2D eigenvalue weighted by Crippen LogP contribution is -2.47. The lowest BCUT2D eigenvalue weighted by molar-refractivity contribution is 0.0227. The predicted molar refractivity (Wildman–Crippen MR) is 133 cm³/mol. The summed E-state index contributed by atoms with van der Waals surface area (Å²) in [5, 5.41) is 3.32. The van der Waals surface area contributed by atoms with Crippen molar-refractivity contribution in [1.82, 2.24) is 14.5 Å². The Morgan fingerprint density at radius 2 is 1.79 bits per heavy atom. The number of nitrogens with one attached hydrogen (secondary N) is 1. The van der Waals surface area contributed by atoms with Crippen LogP contribution >= 0.6 is 11.6 Å². The van der Waals surface area contributed by atoms with Gasteiger partial charge in [-0.1, -0.05) is 43.6 Å². The fourth-order valence-electron chi connectivity index (χ4n) is 4.68. The SMILES string of the molecule is CCC1(CC)C[C@H](NC(=O)c2cc(S(=O)(=O)N3CCN(C)CC3)ccc2Cl)c2ccccc2O1. The van der Waals surface area contributed by atoms with E-state index in [9.17, 15) is 13.2 Å². The van der Waals surface area contributed by atoms with Crippen LogP contribution in [0.25, 0.3) is 0 Å². The number of likely N-dealkylation sites (N-methyl/N-ethyl adjacent to an activating group) is 1. The molecule has 184 valence electrons. The van der Waals surface area contributed by atoms with Crippen molar-refractivity contribution in [2.24, 2.45) is 0 Å². The number of hydrogen-bond donors (Lipinski definition) is 1. The number of halogens is 1. The second-order valence-electron chi connectivity index (χ2n) is 9.11. The van der Waals surface area contributed by atoms with Crippen molar-refractivity contribution < 1.29 is 17.9 Å². The highest BCUT2D eigenvalue weighted by Crippen LogP contribution is 2.42. The van der Waals surface area contributed by atoms with Crippen molar-refractivity contribution in [3.8, 4) is 5.75 Å². The fourth-order valence-corrected chi connectivity index (χ4v) is 6.33. The number of piperazine rings is 1. The van der Waals surface area contributed by atoms with Crippen molar-refractivity contribution in [1.29, 1.82) is 0 Å². The number of benzene rings is 2. The normalized spacial score (nSPS) is 20.9. The molecule has 2 aromatic carbocycles. The van der Waals surface area contributed by atoms with Crippen LogP contribution in [0.1, 0.15) is 55.1 Å². The fraction of sp³-hybridized carbons (Fsp3) is 0.480. The minimum Gasteiger partial charge on any atom is -0.487 e. The molecule has 2 aliphatic rings. The highest BCUT2D eigenvalue weighted by atomic mass is 35.5. The zero-order valence-corrected chi connectivity index (χ0v) is 21.5. The van der Waals surface area contributed by atoms with Crippen LogP contribution in [0.15, 0.2) is 47.4 Å². The molecule has 0 saturated carbocycles. The minimum absolute atomic E-state index is 0.0791. The molecule has 0 aromatic heterocycles. The van der Waals surface area contributed by atoms with E-state index in [2.05, 4.69) is 24.1 Å². The summed E-state index contributed by atoms with van der Waals surface area (Å²) in [5.41, 5.74) is 0.688. The lowest BCUT2D eigenvalue weighted by Gasteiger charge is -2.41. The summed E-state index contributed by atoms with van der Waals surface area (Å²) < 4.78 is 34.2. The van der Waals surface area contributed by atoms with Crippen molar-refractivity contribution in [3.63, 3.8) is 0 Å². The van der Waals surface area contributed by atoms with Crippen molar-refractivity contribution >= 4 is 27.5 Å². The average molecular weight is 506 g/mol. The van der Waals surface area contributed by atoms with Gasteiger partial charge in [0.1, 0.15) is 11.4 Å². The summed E-state index contributed by atoms with van der Waals surface area (Å²) in [6, 6.07) is 11.8. The van der Waals surface area contributed by atoms with Crippen LogP contribution in [0.3, 0.4) is 0 Å². The van der Waals surface area contributed by atoms with E-state index in [-0.39, 0.29) is 27.1 Å².